The zero-order chi connectivity index (χ0) is 14.2. The van der Waals surface area contributed by atoms with E-state index in [9.17, 15) is 0 Å². The number of rotatable bonds is 3. The van der Waals surface area contributed by atoms with Crippen molar-refractivity contribution in [3.05, 3.63) is 5.69 Å². The van der Waals surface area contributed by atoms with Crippen molar-refractivity contribution in [2.75, 3.05) is 11.1 Å². The van der Waals surface area contributed by atoms with E-state index >= 15 is 0 Å². The van der Waals surface area contributed by atoms with Crippen LogP contribution in [0.25, 0.3) is 0 Å². The summed E-state index contributed by atoms with van der Waals surface area (Å²) in [6.45, 7) is 11.0. The lowest BCUT2D eigenvalue weighted by Crippen LogP contribution is -2.31. The van der Waals surface area contributed by atoms with Gasteiger partial charge in [-0.05, 0) is 51.9 Å². The highest BCUT2D eigenvalue weighted by Gasteiger charge is 2.26. The quantitative estimate of drug-likeness (QED) is 0.877. The fourth-order valence-electron chi connectivity index (χ4n) is 2.95. The minimum absolute atomic E-state index is 0.332. The van der Waals surface area contributed by atoms with E-state index in [2.05, 4.69) is 38.1 Å². The molecule has 19 heavy (non-hydrogen) atoms. The second kappa shape index (κ2) is 5.43. The molecule has 1 heterocycles. The van der Waals surface area contributed by atoms with Crippen LogP contribution in [0.5, 0.6) is 0 Å². The zero-order valence-corrected chi connectivity index (χ0v) is 12.9. The number of aromatic nitrogens is 2. The minimum Gasteiger partial charge on any atom is -0.394 e. The lowest BCUT2D eigenvalue weighted by molar-refractivity contribution is 0.260. The zero-order valence-electron chi connectivity index (χ0n) is 12.9. The summed E-state index contributed by atoms with van der Waals surface area (Å²) >= 11 is 0. The smallest absolute Gasteiger partial charge is 0.148 e. The molecular weight excluding hydrogens is 236 g/mol. The van der Waals surface area contributed by atoms with Crippen LogP contribution in [-0.4, -0.2) is 15.8 Å². The first kappa shape index (κ1) is 14.2. The van der Waals surface area contributed by atoms with Crippen LogP contribution in [0.3, 0.4) is 0 Å². The predicted molar refractivity (Wildman–Crippen MR) is 81.4 cm³/mol. The van der Waals surface area contributed by atoms with E-state index in [1.807, 2.05) is 11.6 Å². The van der Waals surface area contributed by atoms with Crippen molar-refractivity contribution in [1.82, 2.24) is 9.78 Å². The van der Waals surface area contributed by atoms with Gasteiger partial charge in [0.05, 0.1) is 11.4 Å². The van der Waals surface area contributed by atoms with Gasteiger partial charge in [0.25, 0.3) is 0 Å². The molecule has 1 aromatic heterocycles. The predicted octanol–water partition coefficient (Wildman–Crippen LogP) is 3.59. The Hall–Kier alpha value is -1.19. The van der Waals surface area contributed by atoms with Crippen LogP contribution < -0.4 is 11.1 Å². The molecule has 0 bridgehead atoms. The Kier molecular flexibility index (Phi) is 4.07. The monoisotopic (exact) mass is 264 g/mol. The van der Waals surface area contributed by atoms with E-state index in [0.717, 1.165) is 29.0 Å². The standard InChI is InChI=1S/C15H28N4/c1-9(2)19-15(14(16)12(5)18-19)17-13-7-6-10(3)11(4)8-13/h9-11,13,17H,6-8,16H2,1-5H3. The van der Waals surface area contributed by atoms with Gasteiger partial charge in [-0.25, -0.2) is 4.68 Å². The number of hydrogen-bond acceptors (Lipinski definition) is 3. The maximum atomic E-state index is 6.17. The van der Waals surface area contributed by atoms with Crippen LogP contribution in [0, 0.1) is 18.8 Å². The average Bonchev–Trinajstić information content (AvgIpc) is 2.62. The number of hydrogen-bond donors (Lipinski definition) is 2. The number of aryl methyl sites for hydroxylation is 1. The molecule has 1 aliphatic rings. The van der Waals surface area contributed by atoms with E-state index in [4.69, 9.17) is 5.73 Å². The normalized spacial score (nSPS) is 27.8. The van der Waals surface area contributed by atoms with E-state index in [1.54, 1.807) is 0 Å². The van der Waals surface area contributed by atoms with Crippen molar-refractivity contribution < 1.29 is 0 Å². The van der Waals surface area contributed by atoms with Crippen LogP contribution in [0.1, 0.15) is 58.7 Å². The number of nitrogens with one attached hydrogen (secondary N) is 1. The fraction of sp³-hybridized carbons (Fsp3) is 0.800. The van der Waals surface area contributed by atoms with Gasteiger partial charge in [-0.15, -0.1) is 0 Å². The molecular formula is C15H28N4. The molecule has 3 N–H and O–H groups in total. The number of anilines is 2. The molecule has 0 aromatic carbocycles. The molecule has 0 radical (unpaired) electrons. The van der Waals surface area contributed by atoms with E-state index in [1.165, 1.54) is 19.3 Å². The molecule has 0 saturated heterocycles. The van der Waals surface area contributed by atoms with Crippen molar-refractivity contribution in [3.63, 3.8) is 0 Å². The average molecular weight is 264 g/mol. The Morgan fingerprint density at radius 1 is 1.26 bits per heavy atom. The summed E-state index contributed by atoms with van der Waals surface area (Å²) in [5.74, 6) is 2.63. The Balaban J connectivity index is 2.15. The molecule has 0 aliphatic heterocycles. The topological polar surface area (TPSA) is 55.9 Å². The Morgan fingerprint density at radius 3 is 2.53 bits per heavy atom. The van der Waals surface area contributed by atoms with Gasteiger partial charge in [-0.1, -0.05) is 13.8 Å². The van der Waals surface area contributed by atoms with Gasteiger partial charge in [-0.2, -0.15) is 5.10 Å². The summed E-state index contributed by atoms with van der Waals surface area (Å²) in [7, 11) is 0. The summed E-state index contributed by atoms with van der Waals surface area (Å²) in [4.78, 5) is 0. The highest BCUT2D eigenvalue weighted by Crippen LogP contribution is 2.33. The molecule has 1 saturated carbocycles. The van der Waals surface area contributed by atoms with E-state index in [0.29, 0.717) is 12.1 Å². The molecule has 3 unspecified atom stereocenters. The third-order valence-corrected chi connectivity index (χ3v) is 4.56. The molecule has 1 aliphatic carbocycles. The third kappa shape index (κ3) is 2.88. The number of nitrogen functional groups attached to an aromatic ring is 1. The highest BCUT2D eigenvalue weighted by atomic mass is 15.4. The van der Waals surface area contributed by atoms with Gasteiger partial charge < -0.3 is 11.1 Å². The molecule has 0 spiro atoms. The summed E-state index contributed by atoms with van der Waals surface area (Å²) < 4.78 is 2.02. The molecule has 0 amide bonds. The van der Waals surface area contributed by atoms with Crippen LogP contribution in [0.15, 0.2) is 0 Å². The van der Waals surface area contributed by atoms with Gasteiger partial charge in [0.15, 0.2) is 0 Å². The summed E-state index contributed by atoms with van der Waals surface area (Å²) in [5, 5.41) is 8.18. The van der Waals surface area contributed by atoms with E-state index < -0.39 is 0 Å². The van der Waals surface area contributed by atoms with Crippen LogP contribution in [0.2, 0.25) is 0 Å². The lowest BCUT2D eigenvalue weighted by atomic mass is 9.79. The van der Waals surface area contributed by atoms with Gasteiger partial charge in [-0.3, -0.25) is 0 Å². The molecule has 3 atom stereocenters. The molecule has 108 valence electrons. The second-order valence-electron chi connectivity index (χ2n) is 6.49. The minimum atomic E-state index is 0.332. The van der Waals surface area contributed by atoms with Gasteiger partial charge in [0.1, 0.15) is 5.82 Å². The number of nitrogens with two attached hydrogens (primary N) is 1. The van der Waals surface area contributed by atoms with Gasteiger partial charge >= 0.3 is 0 Å². The molecule has 4 heteroatoms. The van der Waals surface area contributed by atoms with Gasteiger partial charge in [0.2, 0.25) is 0 Å². The Labute approximate surface area is 116 Å². The summed E-state index contributed by atoms with van der Waals surface area (Å²) in [6.07, 6.45) is 3.75. The molecule has 1 aromatic rings. The second-order valence-corrected chi connectivity index (χ2v) is 6.49. The molecule has 4 nitrogen and oxygen atoms in total. The van der Waals surface area contributed by atoms with Crippen molar-refractivity contribution >= 4 is 11.5 Å². The van der Waals surface area contributed by atoms with Crippen molar-refractivity contribution in [2.24, 2.45) is 11.8 Å². The Bertz CT molecular complexity index is 436. The largest absolute Gasteiger partial charge is 0.394 e. The molecule has 1 fully saturated rings. The molecule has 2 rings (SSSR count). The van der Waals surface area contributed by atoms with Crippen LogP contribution in [-0.2, 0) is 0 Å². The fourth-order valence-corrected chi connectivity index (χ4v) is 2.95. The summed E-state index contributed by atoms with van der Waals surface area (Å²) in [5.41, 5.74) is 7.90. The first-order valence-corrected chi connectivity index (χ1v) is 7.51. The highest BCUT2D eigenvalue weighted by molar-refractivity contribution is 5.65. The van der Waals surface area contributed by atoms with Crippen molar-refractivity contribution in [1.29, 1.82) is 0 Å². The maximum Gasteiger partial charge on any atom is 0.148 e. The maximum absolute atomic E-state index is 6.17. The first-order chi connectivity index (χ1) is 8.90. The van der Waals surface area contributed by atoms with E-state index in [-0.39, 0.29) is 0 Å². The lowest BCUT2D eigenvalue weighted by Gasteiger charge is -2.33. The van der Waals surface area contributed by atoms with Crippen molar-refractivity contribution in [3.8, 4) is 0 Å². The van der Waals surface area contributed by atoms with Gasteiger partial charge in [0, 0.05) is 12.1 Å². The SMILES string of the molecule is Cc1nn(C(C)C)c(NC2CCC(C)C(C)C2)c1N. The summed E-state index contributed by atoms with van der Waals surface area (Å²) in [6, 6.07) is 0.862. The third-order valence-electron chi connectivity index (χ3n) is 4.56. The van der Waals surface area contributed by atoms with Crippen LogP contribution >= 0.6 is 0 Å². The number of nitrogens with zero attached hydrogens (tertiary/aromatic N) is 2. The Morgan fingerprint density at radius 2 is 1.95 bits per heavy atom. The first-order valence-electron chi connectivity index (χ1n) is 7.51. The van der Waals surface area contributed by atoms with Crippen molar-refractivity contribution in [2.45, 2.75) is 66.0 Å². The van der Waals surface area contributed by atoms with Crippen LogP contribution in [0.4, 0.5) is 11.5 Å².